The fraction of sp³-hybridized carbons (Fsp3) is 0.467. The molecule has 2 heteroatoms. The molecular weight excluding hydrogens is 208 g/mol. The minimum Gasteiger partial charge on any atom is -0.241 e. The maximum absolute atomic E-state index is 8.95. The molecule has 0 heterocycles. The third-order valence-electron chi connectivity index (χ3n) is 3.49. The number of aliphatic imine (C=N–C) groups is 1. The molecule has 0 aromatic heterocycles. The minimum atomic E-state index is -0.225. The van der Waals surface area contributed by atoms with Crippen LogP contribution in [0, 0.1) is 23.3 Å². The van der Waals surface area contributed by atoms with E-state index in [1.54, 1.807) is 6.08 Å². The third-order valence-corrected chi connectivity index (χ3v) is 3.49. The largest absolute Gasteiger partial charge is 0.241 e. The van der Waals surface area contributed by atoms with Gasteiger partial charge in [-0.25, -0.2) is 4.99 Å². The van der Waals surface area contributed by atoms with Crippen LogP contribution in [-0.2, 0) is 0 Å². The smallest absolute Gasteiger partial charge is 0.206 e. The van der Waals surface area contributed by atoms with Gasteiger partial charge in [-0.2, -0.15) is 5.26 Å². The van der Waals surface area contributed by atoms with E-state index in [9.17, 15) is 0 Å². The first-order chi connectivity index (χ1) is 7.99. The molecule has 0 spiro atoms. The van der Waals surface area contributed by atoms with Gasteiger partial charge >= 0.3 is 0 Å². The average Bonchev–Trinajstić information content (AvgIpc) is 2.63. The van der Waals surface area contributed by atoms with Crippen molar-refractivity contribution in [2.24, 2.45) is 10.4 Å². The van der Waals surface area contributed by atoms with Crippen molar-refractivity contribution in [2.75, 3.05) is 0 Å². The lowest BCUT2D eigenvalue weighted by molar-refractivity contribution is 0.529. The van der Waals surface area contributed by atoms with Gasteiger partial charge in [0, 0.05) is 6.42 Å². The molecule has 0 N–H and O–H groups in total. The molecule has 0 aromatic rings. The second-order valence-corrected chi connectivity index (χ2v) is 4.56. The molecule has 0 saturated heterocycles. The Hall–Kier alpha value is -1.71. The van der Waals surface area contributed by atoms with Gasteiger partial charge in [-0.05, 0) is 32.3 Å². The predicted molar refractivity (Wildman–Crippen MR) is 71.4 cm³/mol. The zero-order valence-corrected chi connectivity index (χ0v) is 10.9. The fourth-order valence-electron chi connectivity index (χ4n) is 2.21. The second-order valence-electron chi connectivity index (χ2n) is 4.56. The van der Waals surface area contributed by atoms with Crippen molar-refractivity contribution < 1.29 is 0 Å². The van der Waals surface area contributed by atoms with E-state index >= 15 is 0 Å². The summed E-state index contributed by atoms with van der Waals surface area (Å²) in [6.07, 6.45) is 4.37. The molecule has 1 atom stereocenters. The molecule has 0 aliphatic heterocycles. The summed E-state index contributed by atoms with van der Waals surface area (Å²) in [5.74, 6) is 0. The van der Waals surface area contributed by atoms with Gasteiger partial charge in [0.25, 0.3) is 0 Å². The summed E-state index contributed by atoms with van der Waals surface area (Å²) in [4.78, 5) is 4.43. The van der Waals surface area contributed by atoms with Gasteiger partial charge in [0.1, 0.15) is 11.8 Å². The molecule has 88 valence electrons. The van der Waals surface area contributed by atoms with Gasteiger partial charge < -0.3 is 0 Å². The summed E-state index contributed by atoms with van der Waals surface area (Å²) < 4.78 is 0. The molecule has 0 bridgehead atoms. The van der Waals surface area contributed by atoms with E-state index in [0.717, 1.165) is 36.1 Å². The molecular formula is C15H19N2+. The van der Waals surface area contributed by atoms with Crippen molar-refractivity contribution in [2.45, 2.75) is 40.0 Å². The van der Waals surface area contributed by atoms with Crippen LogP contribution >= 0.6 is 0 Å². The molecule has 1 unspecified atom stereocenters. The van der Waals surface area contributed by atoms with Crippen LogP contribution in [0.1, 0.15) is 40.0 Å². The van der Waals surface area contributed by atoms with Crippen LogP contribution in [0.4, 0.5) is 0 Å². The van der Waals surface area contributed by atoms with Crippen LogP contribution in [0.15, 0.2) is 34.5 Å². The number of nitriles is 1. The Labute approximate surface area is 104 Å². The first kappa shape index (κ1) is 13.4. The lowest BCUT2D eigenvalue weighted by atomic mass is 9.78. The Morgan fingerprint density at radius 2 is 2.35 bits per heavy atom. The predicted octanol–water partition coefficient (Wildman–Crippen LogP) is 3.98. The van der Waals surface area contributed by atoms with Crippen LogP contribution in [0.3, 0.4) is 0 Å². The number of nitrogens with zero attached hydrogens (tertiary/aromatic N) is 2. The van der Waals surface area contributed by atoms with Gasteiger partial charge in [0.15, 0.2) is 5.57 Å². The molecule has 2 nitrogen and oxygen atoms in total. The SMILES string of the molecule is [CH+]=C(CC)C1(C)CCC(=C)C1=N/C(C#N)=C\C. The van der Waals surface area contributed by atoms with E-state index in [1.807, 2.05) is 13.8 Å². The fourth-order valence-corrected chi connectivity index (χ4v) is 2.21. The molecule has 1 saturated carbocycles. The number of hydrogen-bond donors (Lipinski definition) is 0. The quantitative estimate of drug-likeness (QED) is 0.530. The van der Waals surface area contributed by atoms with Gasteiger partial charge in [0.05, 0.1) is 11.1 Å². The second kappa shape index (κ2) is 5.08. The summed E-state index contributed by atoms with van der Waals surface area (Å²) in [5, 5.41) is 8.95. The highest BCUT2D eigenvalue weighted by molar-refractivity contribution is 6.08. The Bertz CT molecular complexity index is 446. The van der Waals surface area contributed by atoms with E-state index in [0.29, 0.717) is 5.70 Å². The first-order valence-corrected chi connectivity index (χ1v) is 5.95. The Balaban J connectivity index is 3.23. The van der Waals surface area contributed by atoms with Crippen molar-refractivity contribution in [3.63, 3.8) is 0 Å². The Morgan fingerprint density at radius 1 is 1.71 bits per heavy atom. The molecule has 1 rings (SSSR count). The number of rotatable bonds is 3. The van der Waals surface area contributed by atoms with Gasteiger partial charge in [-0.1, -0.05) is 19.6 Å². The summed E-state index contributed by atoms with van der Waals surface area (Å²) >= 11 is 0. The van der Waals surface area contributed by atoms with Crippen molar-refractivity contribution in [1.82, 2.24) is 0 Å². The van der Waals surface area contributed by atoms with Crippen LogP contribution in [0.2, 0.25) is 0 Å². The zero-order chi connectivity index (χ0) is 13.1. The van der Waals surface area contributed by atoms with Crippen molar-refractivity contribution >= 4 is 5.71 Å². The van der Waals surface area contributed by atoms with Crippen molar-refractivity contribution in [1.29, 1.82) is 5.26 Å². The van der Waals surface area contributed by atoms with Crippen LogP contribution in [0.25, 0.3) is 0 Å². The number of hydrogen-bond acceptors (Lipinski definition) is 2. The molecule has 0 aromatic carbocycles. The van der Waals surface area contributed by atoms with E-state index in [1.165, 1.54) is 0 Å². The number of allylic oxidation sites excluding steroid dienone is 4. The first-order valence-electron chi connectivity index (χ1n) is 5.95. The standard InChI is InChI=1S/C15H19N2/c1-6-12(4)15(5)9-8-11(3)14(15)17-13(7-2)10-16/h4,7H,3,6,8-9H2,1-2,5H3/q+1/b13-7-,17-14?. The van der Waals surface area contributed by atoms with E-state index < -0.39 is 0 Å². The summed E-state index contributed by atoms with van der Waals surface area (Å²) in [6, 6.07) is 2.08. The van der Waals surface area contributed by atoms with Crippen molar-refractivity contribution in [3.05, 3.63) is 36.1 Å². The third kappa shape index (κ3) is 2.35. The summed E-state index contributed by atoms with van der Waals surface area (Å²) in [7, 11) is 0. The lowest BCUT2D eigenvalue weighted by Crippen LogP contribution is -2.24. The Kier molecular flexibility index (Phi) is 3.99. The van der Waals surface area contributed by atoms with Gasteiger partial charge in [-0.3, -0.25) is 0 Å². The average molecular weight is 227 g/mol. The van der Waals surface area contributed by atoms with Gasteiger partial charge in [0.2, 0.25) is 6.58 Å². The topological polar surface area (TPSA) is 36.1 Å². The van der Waals surface area contributed by atoms with Crippen LogP contribution in [-0.4, -0.2) is 5.71 Å². The van der Waals surface area contributed by atoms with E-state index in [2.05, 4.69) is 24.6 Å². The molecule has 1 aliphatic carbocycles. The zero-order valence-electron chi connectivity index (χ0n) is 10.9. The van der Waals surface area contributed by atoms with Gasteiger partial charge in [-0.15, -0.1) is 0 Å². The highest BCUT2D eigenvalue weighted by Crippen LogP contribution is 2.44. The molecule has 17 heavy (non-hydrogen) atoms. The summed E-state index contributed by atoms with van der Waals surface area (Å²) in [6.45, 7) is 16.1. The molecule has 0 radical (unpaired) electrons. The Morgan fingerprint density at radius 3 is 2.82 bits per heavy atom. The highest BCUT2D eigenvalue weighted by atomic mass is 14.8. The normalized spacial score (nSPS) is 27.2. The minimum absolute atomic E-state index is 0.225. The molecule has 1 fully saturated rings. The van der Waals surface area contributed by atoms with Crippen molar-refractivity contribution in [3.8, 4) is 6.07 Å². The lowest BCUT2D eigenvalue weighted by Gasteiger charge is -2.20. The molecule has 0 amide bonds. The maximum Gasteiger partial charge on any atom is 0.206 e. The van der Waals surface area contributed by atoms with E-state index in [4.69, 9.17) is 11.8 Å². The molecule has 1 aliphatic rings. The van der Waals surface area contributed by atoms with E-state index in [-0.39, 0.29) is 5.41 Å². The monoisotopic (exact) mass is 227 g/mol. The maximum atomic E-state index is 8.95. The van der Waals surface area contributed by atoms with Crippen LogP contribution in [0.5, 0.6) is 0 Å². The highest BCUT2D eigenvalue weighted by Gasteiger charge is 2.44. The summed E-state index contributed by atoms with van der Waals surface area (Å²) in [5.41, 5.74) is 3.00. The van der Waals surface area contributed by atoms with Crippen LogP contribution < -0.4 is 0 Å².